The molecule has 0 atom stereocenters. The predicted octanol–water partition coefficient (Wildman–Crippen LogP) is 4.43. The van der Waals surface area contributed by atoms with Crippen LogP contribution in [0.5, 0.6) is 5.75 Å². The van der Waals surface area contributed by atoms with Crippen molar-refractivity contribution >= 4 is 34.3 Å². The van der Waals surface area contributed by atoms with Crippen molar-refractivity contribution in [1.29, 1.82) is 0 Å². The molecule has 5 nitrogen and oxygen atoms in total. The Balaban J connectivity index is 2.23. The maximum atomic E-state index is 12.9. The summed E-state index contributed by atoms with van der Waals surface area (Å²) in [4.78, 5) is 25.9. The molecule has 1 N–H and O–H groups in total. The number of hydrogen-bond acceptors (Lipinski definition) is 5. The van der Waals surface area contributed by atoms with E-state index in [0.29, 0.717) is 22.2 Å². The lowest BCUT2D eigenvalue weighted by molar-refractivity contribution is 0.443. The number of benzene rings is 1. The van der Waals surface area contributed by atoms with Crippen molar-refractivity contribution in [3.05, 3.63) is 61.8 Å². The first-order valence-corrected chi connectivity index (χ1v) is 9.31. The lowest BCUT2D eigenvalue weighted by Crippen LogP contribution is -2.25. The van der Waals surface area contributed by atoms with E-state index in [4.69, 9.17) is 16.0 Å². The van der Waals surface area contributed by atoms with Gasteiger partial charge in [0.25, 0.3) is 5.56 Å². The monoisotopic (exact) mass is 391 g/mol. The molecule has 0 aliphatic heterocycles. The Morgan fingerprint density at radius 1 is 1.27 bits per heavy atom. The van der Waals surface area contributed by atoms with Gasteiger partial charge in [0.15, 0.2) is 5.75 Å². The standard InChI is InChI=1S/C19H18ClNO4S/c1-10(2)9-21-11(3)7-14-15(18(21)23)16(22)17(19(24)25-14)26-13-6-4-5-12(20)8-13/h4-8,10,22H,9H2,1-3H3. The molecular weight excluding hydrogens is 374 g/mol. The number of nitrogens with zero attached hydrogens (tertiary/aromatic N) is 1. The molecule has 0 fully saturated rings. The van der Waals surface area contributed by atoms with Crippen LogP contribution in [0.2, 0.25) is 5.02 Å². The van der Waals surface area contributed by atoms with E-state index in [1.54, 1.807) is 41.8 Å². The van der Waals surface area contributed by atoms with Gasteiger partial charge in [-0.3, -0.25) is 4.79 Å². The van der Waals surface area contributed by atoms with Crippen LogP contribution in [0.15, 0.2) is 54.1 Å². The summed E-state index contributed by atoms with van der Waals surface area (Å²) in [6, 6.07) is 8.48. The number of hydrogen-bond donors (Lipinski definition) is 1. The second kappa shape index (κ2) is 7.21. The second-order valence-corrected chi connectivity index (χ2v) is 7.98. The average Bonchev–Trinajstić information content (AvgIpc) is 2.55. The topological polar surface area (TPSA) is 72.4 Å². The van der Waals surface area contributed by atoms with Gasteiger partial charge in [0.05, 0.1) is 0 Å². The third kappa shape index (κ3) is 3.52. The molecule has 0 spiro atoms. The number of halogens is 1. The summed E-state index contributed by atoms with van der Waals surface area (Å²) in [7, 11) is 0. The first-order valence-electron chi connectivity index (χ1n) is 8.11. The molecule has 1 aromatic carbocycles. The van der Waals surface area contributed by atoms with E-state index in [9.17, 15) is 14.7 Å². The van der Waals surface area contributed by atoms with Crippen LogP contribution >= 0.6 is 23.4 Å². The van der Waals surface area contributed by atoms with Crippen LogP contribution in [0.3, 0.4) is 0 Å². The zero-order chi connectivity index (χ0) is 19.0. The van der Waals surface area contributed by atoms with Crippen molar-refractivity contribution < 1.29 is 9.52 Å². The lowest BCUT2D eigenvalue weighted by atomic mass is 10.2. The highest BCUT2D eigenvalue weighted by atomic mass is 35.5. The van der Waals surface area contributed by atoms with E-state index >= 15 is 0 Å². The van der Waals surface area contributed by atoms with E-state index < -0.39 is 5.63 Å². The summed E-state index contributed by atoms with van der Waals surface area (Å²) in [5, 5.41) is 11.2. The van der Waals surface area contributed by atoms with Gasteiger partial charge in [-0.25, -0.2) is 4.79 Å². The van der Waals surface area contributed by atoms with Crippen molar-refractivity contribution in [3.63, 3.8) is 0 Å². The minimum Gasteiger partial charge on any atom is -0.505 e. The Bertz CT molecular complexity index is 1100. The first kappa shape index (κ1) is 18.6. The summed E-state index contributed by atoms with van der Waals surface area (Å²) in [5.41, 5.74) is -0.303. The molecule has 0 amide bonds. The van der Waals surface area contributed by atoms with Crippen LogP contribution in [0, 0.1) is 12.8 Å². The van der Waals surface area contributed by atoms with E-state index in [0.717, 1.165) is 11.8 Å². The van der Waals surface area contributed by atoms with Gasteiger partial charge in [0, 0.05) is 28.2 Å². The molecule has 3 rings (SSSR count). The predicted molar refractivity (Wildman–Crippen MR) is 104 cm³/mol. The van der Waals surface area contributed by atoms with Gasteiger partial charge in [-0.15, -0.1) is 0 Å². The number of aromatic nitrogens is 1. The fourth-order valence-electron chi connectivity index (χ4n) is 2.73. The molecule has 26 heavy (non-hydrogen) atoms. The molecule has 136 valence electrons. The van der Waals surface area contributed by atoms with E-state index in [2.05, 4.69) is 0 Å². The zero-order valence-corrected chi connectivity index (χ0v) is 16.1. The van der Waals surface area contributed by atoms with Gasteiger partial charge in [-0.05, 0) is 31.0 Å². The first-order chi connectivity index (χ1) is 12.3. The van der Waals surface area contributed by atoms with Gasteiger partial charge < -0.3 is 14.1 Å². The van der Waals surface area contributed by atoms with Crippen molar-refractivity contribution in [1.82, 2.24) is 4.57 Å². The molecular formula is C19H18ClNO4S. The van der Waals surface area contributed by atoms with Crippen LogP contribution in [-0.4, -0.2) is 9.67 Å². The number of pyridine rings is 1. The molecule has 0 aliphatic rings. The van der Waals surface area contributed by atoms with Crippen molar-refractivity contribution in [2.75, 3.05) is 0 Å². The summed E-state index contributed by atoms with van der Waals surface area (Å²) in [5.74, 6) is -0.106. The van der Waals surface area contributed by atoms with E-state index in [1.807, 2.05) is 13.8 Å². The van der Waals surface area contributed by atoms with Crippen molar-refractivity contribution in [3.8, 4) is 5.75 Å². The average molecular weight is 392 g/mol. The van der Waals surface area contributed by atoms with Crippen molar-refractivity contribution in [2.45, 2.75) is 37.1 Å². The van der Waals surface area contributed by atoms with Gasteiger partial charge in [0.1, 0.15) is 15.9 Å². The number of aromatic hydroxyl groups is 1. The molecule has 0 radical (unpaired) electrons. The highest BCUT2D eigenvalue weighted by Crippen LogP contribution is 2.36. The Morgan fingerprint density at radius 3 is 2.65 bits per heavy atom. The SMILES string of the molecule is Cc1cc2oc(=O)c(Sc3cccc(Cl)c3)c(O)c2c(=O)n1CC(C)C. The molecule has 0 saturated carbocycles. The fraction of sp³-hybridized carbons (Fsp3) is 0.263. The third-order valence-electron chi connectivity index (χ3n) is 3.87. The highest BCUT2D eigenvalue weighted by molar-refractivity contribution is 7.99. The van der Waals surface area contributed by atoms with Crippen LogP contribution in [-0.2, 0) is 6.54 Å². The number of fused-ring (bicyclic) bond motifs is 1. The maximum Gasteiger partial charge on any atom is 0.354 e. The molecule has 0 unspecified atom stereocenters. The molecule has 0 aliphatic carbocycles. The summed E-state index contributed by atoms with van der Waals surface area (Å²) >= 11 is 6.98. The van der Waals surface area contributed by atoms with Gasteiger partial charge in [0.2, 0.25) is 0 Å². The Labute approximate surface area is 159 Å². The van der Waals surface area contributed by atoms with Crippen LogP contribution < -0.4 is 11.2 Å². The lowest BCUT2D eigenvalue weighted by Gasteiger charge is -2.14. The van der Waals surface area contributed by atoms with E-state index in [-0.39, 0.29) is 33.1 Å². The quantitative estimate of drug-likeness (QED) is 0.712. The Morgan fingerprint density at radius 2 is 2.00 bits per heavy atom. The molecule has 0 bridgehead atoms. The van der Waals surface area contributed by atoms with Gasteiger partial charge in [-0.2, -0.15) is 0 Å². The summed E-state index contributed by atoms with van der Waals surface area (Å²) in [6.45, 7) is 6.29. The third-order valence-corrected chi connectivity index (χ3v) is 5.16. The van der Waals surface area contributed by atoms with Crippen LogP contribution in [0.4, 0.5) is 0 Å². The minimum absolute atomic E-state index is 0.0142. The molecule has 3 aromatic rings. The van der Waals surface area contributed by atoms with Crippen LogP contribution in [0.1, 0.15) is 19.5 Å². The van der Waals surface area contributed by atoms with E-state index in [1.165, 1.54) is 0 Å². The molecule has 2 aromatic heterocycles. The Hall–Kier alpha value is -2.18. The van der Waals surface area contributed by atoms with Crippen molar-refractivity contribution in [2.24, 2.45) is 5.92 Å². The second-order valence-electron chi connectivity index (χ2n) is 6.46. The van der Waals surface area contributed by atoms with Crippen LogP contribution in [0.25, 0.3) is 11.0 Å². The minimum atomic E-state index is -0.694. The largest absolute Gasteiger partial charge is 0.505 e. The Kier molecular flexibility index (Phi) is 5.16. The maximum absolute atomic E-state index is 12.9. The van der Waals surface area contributed by atoms with Gasteiger partial charge >= 0.3 is 5.63 Å². The highest BCUT2D eigenvalue weighted by Gasteiger charge is 2.20. The fourth-order valence-corrected chi connectivity index (χ4v) is 3.87. The molecule has 7 heteroatoms. The normalized spacial score (nSPS) is 11.4. The number of rotatable bonds is 4. The smallest absolute Gasteiger partial charge is 0.354 e. The number of aryl methyl sites for hydroxylation is 1. The summed E-state index contributed by atoms with van der Waals surface area (Å²) < 4.78 is 6.90. The zero-order valence-electron chi connectivity index (χ0n) is 14.6. The summed E-state index contributed by atoms with van der Waals surface area (Å²) in [6.07, 6.45) is 0. The molecule has 0 saturated heterocycles. The molecule has 2 heterocycles. The van der Waals surface area contributed by atoms with Gasteiger partial charge in [-0.1, -0.05) is 43.3 Å².